The smallest absolute Gasteiger partial charge is 0.197 e. The Kier molecular flexibility index (Phi) is 3.42. The van der Waals surface area contributed by atoms with E-state index in [-0.39, 0.29) is 39.7 Å². The van der Waals surface area contributed by atoms with E-state index in [9.17, 15) is 25.2 Å². The lowest BCUT2D eigenvalue weighted by atomic mass is 10.1. The van der Waals surface area contributed by atoms with E-state index in [0.717, 1.165) is 6.07 Å². The van der Waals surface area contributed by atoms with E-state index in [1.165, 1.54) is 42.5 Å². The van der Waals surface area contributed by atoms with E-state index < -0.39 is 5.43 Å². The van der Waals surface area contributed by atoms with Gasteiger partial charge in [0.05, 0.1) is 0 Å². The maximum atomic E-state index is 12.0. The van der Waals surface area contributed by atoms with Crippen LogP contribution in [0.5, 0.6) is 23.0 Å². The van der Waals surface area contributed by atoms with Crippen molar-refractivity contribution in [3.63, 3.8) is 0 Å². The van der Waals surface area contributed by atoms with Gasteiger partial charge in [-0.05, 0) is 23.8 Å². The first-order chi connectivity index (χ1) is 10.9. The quantitative estimate of drug-likeness (QED) is 0.579. The molecule has 2 aromatic carbocycles. The Hall–Kier alpha value is -3.41. The van der Waals surface area contributed by atoms with Gasteiger partial charge in [0.2, 0.25) is 0 Å². The molecule has 3 aromatic rings. The Morgan fingerprint density at radius 3 is 2.13 bits per heavy atom. The van der Waals surface area contributed by atoms with Crippen molar-refractivity contribution in [3.8, 4) is 23.0 Å². The average Bonchev–Trinajstić information content (AvgIpc) is 2.43. The third kappa shape index (κ3) is 2.96. The van der Waals surface area contributed by atoms with Gasteiger partial charge in [-0.25, -0.2) is 0 Å². The number of phenolic OH excluding ortho intramolecular Hbond substituents is 4. The van der Waals surface area contributed by atoms with Gasteiger partial charge in [0.15, 0.2) is 5.43 Å². The first kappa shape index (κ1) is 14.5. The highest BCUT2D eigenvalue weighted by atomic mass is 16.3. The van der Waals surface area contributed by atoms with Crippen LogP contribution in [0.25, 0.3) is 23.1 Å². The van der Waals surface area contributed by atoms with Gasteiger partial charge in [-0.15, -0.1) is 0 Å². The summed E-state index contributed by atoms with van der Waals surface area (Å²) in [5.41, 5.74) is 0.0968. The molecule has 0 bridgehead atoms. The van der Waals surface area contributed by atoms with Crippen molar-refractivity contribution < 1.29 is 24.8 Å². The van der Waals surface area contributed by atoms with E-state index in [1.807, 2.05) is 0 Å². The zero-order valence-electron chi connectivity index (χ0n) is 11.7. The Morgan fingerprint density at radius 2 is 1.43 bits per heavy atom. The summed E-state index contributed by atoms with van der Waals surface area (Å²) in [6.07, 6.45) is 3.00. The number of rotatable bonds is 2. The van der Waals surface area contributed by atoms with Crippen LogP contribution in [-0.4, -0.2) is 20.4 Å². The third-order valence-electron chi connectivity index (χ3n) is 3.18. The third-order valence-corrected chi connectivity index (χ3v) is 3.18. The lowest BCUT2D eigenvalue weighted by molar-refractivity contribution is 0.449. The van der Waals surface area contributed by atoms with Crippen LogP contribution in [0.4, 0.5) is 0 Å². The Morgan fingerprint density at radius 1 is 0.783 bits per heavy atom. The summed E-state index contributed by atoms with van der Waals surface area (Å²) in [5.74, 6) is -0.589. The minimum Gasteiger partial charge on any atom is -0.508 e. The molecular weight excluding hydrogens is 300 g/mol. The van der Waals surface area contributed by atoms with Gasteiger partial charge in [0.25, 0.3) is 0 Å². The van der Waals surface area contributed by atoms with Crippen LogP contribution in [-0.2, 0) is 0 Å². The minimum absolute atomic E-state index is 0.0186. The predicted octanol–water partition coefficient (Wildman–Crippen LogP) is 2.79. The molecule has 23 heavy (non-hydrogen) atoms. The molecule has 0 amide bonds. The lowest BCUT2D eigenvalue weighted by Gasteiger charge is -2.02. The van der Waals surface area contributed by atoms with Crippen LogP contribution in [0.1, 0.15) is 11.3 Å². The molecule has 0 fully saturated rings. The molecule has 0 aliphatic heterocycles. The maximum absolute atomic E-state index is 12.0. The maximum Gasteiger partial charge on any atom is 0.197 e. The second kappa shape index (κ2) is 5.42. The van der Waals surface area contributed by atoms with E-state index in [0.29, 0.717) is 5.56 Å². The number of hydrogen-bond acceptors (Lipinski definition) is 6. The summed E-state index contributed by atoms with van der Waals surface area (Å²) < 4.78 is 5.45. The molecule has 0 aliphatic rings. The SMILES string of the molecule is O=c1cc(/C=C/c2cc(O)cc(O)c2)oc2cc(O)cc(O)c12. The van der Waals surface area contributed by atoms with Gasteiger partial charge in [-0.2, -0.15) is 0 Å². The number of aromatic hydroxyl groups is 4. The number of hydrogen-bond donors (Lipinski definition) is 4. The molecule has 116 valence electrons. The van der Waals surface area contributed by atoms with Crippen molar-refractivity contribution in [3.05, 3.63) is 57.9 Å². The van der Waals surface area contributed by atoms with Crippen LogP contribution >= 0.6 is 0 Å². The van der Waals surface area contributed by atoms with Gasteiger partial charge in [0, 0.05) is 24.3 Å². The second-order valence-electron chi connectivity index (χ2n) is 4.97. The van der Waals surface area contributed by atoms with Crippen LogP contribution in [0.15, 0.2) is 45.6 Å². The van der Waals surface area contributed by atoms with Gasteiger partial charge < -0.3 is 24.8 Å². The molecule has 0 spiro atoms. The molecule has 3 rings (SSSR count). The Bertz CT molecular complexity index is 964. The fourth-order valence-electron chi connectivity index (χ4n) is 2.25. The van der Waals surface area contributed by atoms with Gasteiger partial charge >= 0.3 is 0 Å². The summed E-state index contributed by atoms with van der Waals surface area (Å²) in [6, 6.07) is 7.52. The van der Waals surface area contributed by atoms with E-state index in [4.69, 9.17) is 4.42 Å². The Balaban J connectivity index is 2.07. The van der Waals surface area contributed by atoms with Crippen LogP contribution < -0.4 is 5.43 Å². The molecule has 0 aliphatic carbocycles. The zero-order valence-corrected chi connectivity index (χ0v) is 11.7. The minimum atomic E-state index is -0.456. The molecule has 6 nitrogen and oxygen atoms in total. The van der Waals surface area contributed by atoms with Crippen LogP contribution in [0, 0.1) is 0 Å². The molecule has 0 unspecified atom stereocenters. The van der Waals surface area contributed by atoms with E-state index >= 15 is 0 Å². The van der Waals surface area contributed by atoms with Crippen molar-refractivity contribution in [1.29, 1.82) is 0 Å². The summed E-state index contributed by atoms with van der Waals surface area (Å²) in [7, 11) is 0. The van der Waals surface area contributed by atoms with Crippen LogP contribution in [0.3, 0.4) is 0 Å². The van der Waals surface area contributed by atoms with Crippen molar-refractivity contribution in [2.75, 3.05) is 0 Å². The molecule has 0 atom stereocenters. The van der Waals surface area contributed by atoms with Gasteiger partial charge in [-0.3, -0.25) is 4.79 Å². The molecule has 1 aromatic heterocycles. The molecule has 6 heteroatoms. The monoisotopic (exact) mass is 312 g/mol. The second-order valence-corrected chi connectivity index (χ2v) is 4.97. The lowest BCUT2D eigenvalue weighted by Crippen LogP contribution is -2.00. The first-order valence-electron chi connectivity index (χ1n) is 6.63. The summed E-state index contributed by atoms with van der Waals surface area (Å²) >= 11 is 0. The highest BCUT2D eigenvalue weighted by molar-refractivity contribution is 5.85. The normalized spacial score (nSPS) is 11.3. The molecule has 1 heterocycles. The fraction of sp³-hybridized carbons (Fsp3) is 0. The van der Waals surface area contributed by atoms with Gasteiger partial charge in [0.1, 0.15) is 39.7 Å². The molecular formula is C17H12O6. The number of fused-ring (bicyclic) bond motifs is 1. The first-order valence-corrected chi connectivity index (χ1v) is 6.63. The molecule has 4 N–H and O–H groups in total. The molecule has 0 saturated carbocycles. The zero-order chi connectivity index (χ0) is 16.6. The van der Waals surface area contributed by atoms with Crippen molar-refractivity contribution >= 4 is 23.1 Å². The highest BCUT2D eigenvalue weighted by Gasteiger charge is 2.10. The van der Waals surface area contributed by atoms with Crippen molar-refractivity contribution in [1.82, 2.24) is 0 Å². The highest BCUT2D eigenvalue weighted by Crippen LogP contribution is 2.28. The standard InChI is InChI=1S/C17H12O6/c18-10-3-9(4-11(19)5-10)1-2-13-8-15(22)17-14(21)6-12(20)7-16(17)23-13/h1-8,18-21H/b2-1+. The summed E-state index contributed by atoms with van der Waals surface area (Å²) in [6.45, 7) is 0. The van der Waals surface area contributed by atoms with Crippen molar-refractivity contribution in [2.45, 2.75) is 0 Å². The summed E-state index contributed by atoms with van der Waals surface area (Å²) in [4.78, 5) is 12.0. The topological polar surface area (TPSA) is 111 Å². The fourth-order valence-corrected chi connectivity index (χ4v) is 2.25. The predicted molar refractivity (Wildman–Crippen MR) is 84.5 cm³/mol. The van der Waals surface area contributed by atoms with Crippen molar-refractivity contribution in [2.24, 2.45) is 0 Å². The van der Waals surface area contributed by atoms with E-state index in [1.54, 1.807) is 0 Å². The van der Waals surface area contributed by atoms with Gasteiger partial charge in [-0.1, -0.05) is 6.08 Å². The largest absolute Gasteiger partial charge is 0.508 e. The van der Waals surface area contributed by atoms with Crippen LogP contribution in [0.2, 0.25) is 0 Å². The summed E-state index contributed by atoms with van der Waals surface area (Å²) in [5, 5.41) is 38.0. The number of benzene rings is 2. The molecule has 0 radical (unpaired) electrons. The molecule has 0 saturated heterocycles. The average molecular weight is 312 g/mol. The number of phenols is 4. The Labute approximate surface area is 129 Å². The van der Waals surface area contributed by atoms with E-state index in [2.05, 4.69) is 0 Å².